The highest BCUT2D eigenvalue weighted by atomic mass is 35.5. The van der Waals surface area contributed by atoms with Crippen LogP contribution in [-0.2, 0) is 7.05 Å². The number of aryl methyl sites for hydroxylation is 2. The van der Waals surface area contributed by atoms with E-state index in [1.807, 2.05) is 4.90 Å². The Morgan fingerprint density at radius 3 is 2.76 bits per heavy atom. The fourth-order valence-electron chi connectivity index (χ4n) is 3.14. The molecule has 1 aromatic heterocycles. The molecular weight excluding hydrogens is 345 g/mol. The number of nitrogens with zero attached hydrogens (tertiary/aromatic N) is 3. The Hall–Kier alpha value is -2.08. The van der Waals surface area contributed by atoms with Crippen molar-refractivity contribution in [2.75, 3.05) is 19.7 Å². The zero-order chi connectivity index (χ0) is 18.0. The Bertz CT molecular complexity index is 760. The fraction of sp³-hybridized carbons (Fsp3) is 0.444. The predicted molar refractivity (Wildman–Crippen MR) is 93.5 cm³/mol. The molecule has 1 atom stereocenters. The van der Waals surface area contributed by atoms with Crippen molar-refractivity contribution in [2.45, 2.75) is 19.8 Å². The molecule has 1 aliphatic heterocycles. The molecule has 3 rings (SSSR count). The summed E-state index contributed by atoms with van der Waals surface area (Å²) in [6.45, 7) is 3.59. The first-order valence-electron chi connectivity index (χ1n) is 8.32. The van der Waals surface area contributed by atoms with E-state index in [4.69, 9.17) is 16.3 Å². The zero-order valence-electron chi connectivity index (χ0n) is 14.3. The molecule has 0 N–H and O–H groups in total. The molecule has 5 nitrogen and oxygen atoms in total. The number of carbonyl (C=O) groups excluding carboxylic acids is 1. The van der Waals surface area contributed by atoms with Crippen molar-refractivity contribution < 1.29 is 13.9 Å². The third kappa shape index (κ3) is 3.95. The average Bonchev–Trinajstić information content (AvgIpc) is 2.86. The minimum atomic E-state index is -0.287. The van der Waals surface area contributed by atoms with Gasteiger partial charge >= 0.3 is 0 Å². The first-order chi connectivity index (χ1) is 12.0. The fourth-order valence-corrected chi connectivity index (χ4v) is 3.39. The van der Waals surface area contributed by atoms with Crippen LogP contribution < -0.4 is 4.74 Å². The summed E-state index contributed by atoms with van der Waals surface area (Å²) in [4.78, 5) is 14.6. The van der Waals surface area contributed by atoms with Crippen molar-refractivity contribution in [3.05, 3.63) is 46.5 Å². The van der Waals surface area contributed by atoms with Gasteiger partial charge in [-0.1, -0.05) is 11.6 Å². The molecular formula is C18H21ClFN3O2. The molecule has 1 aliphatic rings. The highest BCUT2D eigenvalue weighted by molar-refractivity contribution is 6.34. The van der Waals surface area contributed by atoms with E-state index >= 15 is 0 Å². The number of halogens is 2. The first-order valence-corrected chi connectivity index (χ1v) is 8.70. The molecule has 1 fully saturated rings. The van der Waals surface area contributed by atoms with Gasteiger partial charge in [-0.25, -0.2) is 4.39 Å². The van der Waals surface area contributed by atoms with Gasteiger partial charge in [0.05, 0.1) is 17.3 Å². The third-order valence-electron chi connectivity index (χ3n) is 4.46. The molecule has 0 radical (unpaired) electrons. The van der Waals surface area contributed by atoms with Gasteiger partial charge in [-0.3, -0.25) is 9.48 Å². The molecule has 134 valence electrons. The molecule has 0 unspecified atom stereocenters. The number of rotatable bonds is 4. The lowest BCUT2D eigenvalue weighted by molar-refractivity contribution is 0.0622. The lowest BCUT2D eigenvalue weighted by atomic mass is 9.98. The Morgan fingerprint density at radius 2 is 2.12 bits per heavy atom. The first kappa shape index (κ1) is 17.7. The van der Waals surface area contributed by atoms with E-state index in [1.165, 1.54) is 12.1 Å². The predicted octanol–water partition coefficient (Wildman–Crippen LogP) is 3.45. The summed E-state index contributed by atoms with van der Waals surface area (Å²) < 4.78 is 20.2. The van der Waals surface area contributed by atoms with Crippen LogP contribution in [0, 0.1) is 18.7 Å². The SMILES string of the molecule is Cc1nn(C)c(C(=O)N2CCC[C@@H](COc3ccc(F)cc3)C2)c1Cl. The van der Waals surface area contributed by atoms with Gasteiger partial charge in [-0.15, -0.1) is 0 Å². The van der Waals surface area contributed by atoms with E-state index < -0.39 is 0 Å². The number of hydrogen-bond acceptors (Lipinski definition) is 3. The number of likely N-dealkylation sites (tertiary alicyclic amines) is 1. The second kappa shape index (κ2) is 7.44. The van der Waals surface area contributed by atoms with Crippen molar-refractivity contribution >= 4 is 17.5 Å². The standard InChI is InChI=1S/C18H21ClFN3O2/c1-12-16(19)17(22(2)21-12)18(24)23-9-3-4-13(10-23)11-25-15-7-5-14(20)6-8-15/h5-8,13H,3-4,9-11H2,1-2H3/t13-/m1/s1. The second-order valence-electron chi connectivity index (χ2n) is 6.40. The molecule has 2 heterocycles. The summed E-state index contributed by atoms with van der Waals surface area (Å²) in [5, 5.41) is 4.62. The van der Waals surface area contributed by atoms with E-state index in [-0.39, 0.29) is 17.6 Å². The molecule has 2 aromatic rings. The minimum absolute atomic E-state index is 0.0976. The Balaban J connectivity index is 1.62. The number of benzene rings is 1. The van der Waals surface area contributed by atoms with Gasteiger partial charge in [0, 0.05) is 26.1 Å². The maximum atomic E-state index is 12.9. The molecule has 7 heteroatoms. The molecule has 0 bridgehead atoms. The van der Waals surface area contributed by atoms with Crippen molar-refractivity contribution in [1.82, 2.24) is 14.7 Å². The van der Waals surface area contributed by atoms with Crippen LogP contribution in [0.5, 0.6) is 5.75 Å². The van der Waals surface area contributed by atoms with Gasteiger partial charge < -0.3 is 9.64 Å². The van der Waals surface area contributed by atoms with Gasteiger partial charge in [0.25, 0.3) is 5.91 Å². The van der Waals surface area contributed by atoms with Crippen LogP contribution in [0.15, 0.2) is 24.3 Å². The van der Waals surface area contributed by atoms with E-state index in [2.05, 4.69) is 5.10 Å². The van der Waals surface area contributed by atoms with E-state index in [9.17, 15) is 9.18 Å². The Kier molecular flexibility index (Phi) is 5.27. The maximum absolute atomic E-state index is 12.9. The topological polar surface area (TPSA) is 47.4 Å². The van der Waals surface area contributed by atoms with E-state index in [0.717, 1.165) is 12.8 Å². The number of aromatic nitrogens is 2. The van der Waals surface area contributed by atoms with Crippen molar-refractivity contribution in [3.63, 3.8) is 0 Å². The quantitative estimate of drug-likeness (QED) is 0.833. The van der Waals surface area contributed by atoms with Gasteiger partial charge in [0.2, 0.25) is 0 Å². The van der Waals surface area contributed by atoms with Crippen molar-refractivity contribution in [2.24, 2.45) is 13.0 Å². The summed E-state index contributed by atoms with van der Waals surface area (Å²) in [6.07, 6.45) is 1.90. The number of ether oxygens (including phenoxy) is 1. The second-order valence-corrected chi connectivity index (χ2v) is 6.77. The number of hydrogen-bond donors (Lipinski definition) is 0. The van der Waals surface area contributed by atoms with Crippen molar-refractivity contribution in [3.8, 4) is 5.75 Å². The normalized spacial score (nSPS) is 17.6. The Labute approximate surface area is 151 Å². The van der Waals surface area contributed by atoms with Gasteiger partial charge in [-0.2, -0.15) is 5.10 Å². The maximum Gasteiger partial charge on any atom is 0.273 e. The van der Waals surface area contributed by atoms with Crippen LogP contribution in [-0.4, -0.2) is 40.3 Å². The summed E-state index contributed by atoms with van der Waals surface area (Å²) in [6, 6.07) is 5.97. The molecule has 1 aromatic carbocycles. The number of amides is 1. The van der Waals surface area contributed by atoms with Crippen LogP contribution in [0.2, 0.25) is 5.02 Å². The summed E-state index contributed by atoms with van der Waals surface area (Å²) in [5.74, 6) is 0.482. The van der Waals surface area contributed by atoms with Crippen LogP contribution in [0.3, 0.4) is 0 Å². The van der Waals surface area contributed by atoms with Gasteiger partial charge in [0.15, 0.2) is 0 Å². The Morgan fingerprint density at radius 1 is 1.40 bits per heavy atom. The lowest BCUT2D eigenvalue weighted by Crippen LogP contribution is -2.42. The number of carbonyl (C=O) groups is 1. The molecule has 25 heavy (non-hydrogen) atoms. The molecule has 0 spiro atoms. The number of piperidine rings is 1. The zero-order valence-corrected chi connectivity index (χ0v) is 15.1. The summed E-state index contributed by atoms with van der Waals surface area (Å²) >= 11 is 6.23. The highest BCUT2D eigenvalue weighted by Gasteiger charge is 2.29. The van der Waals surface area contributed by atoms with E-state index in [0.29, 0.717) is 41.9 Å². The van der Waals surface area contributed by atoms with E-state index in [1.54, 1.807) is 30.8 Å². The lowest BCUT2D eigenvalue weighted by Gasteiger charge is -2.32. The smallest absolute Gasteiger partial charge is 0.273 e. The summed E-state index contributed by atoms with van der Waals surface area (Å²) in [7, 11) is 1.73. The molecule has 0 aliphatic carbocycles. The van der Waals surface area contributed by atoms with Crippen LogP contribution in [0.4, 0.5) is 4.39 Å². The van der Waals surface area contributed by atoms with Gasteiger partial charge in [-0.05, 0) is 44.0 Å². The van der Waals surface area contributed by atoms with Crippen LogP contribution in [0.25, 0.3) is 0 Å². The molecule has 0 saturated carbocycles. The van der Waals surface area contributed by atoms with Crippen LogP contribution in [0.1, 0.15) is 29.0 Å². The molecule has 1 saturated heterocycles. The highest BCUT2D eigenvalue weighted by Crippen LogP contribution is 2.25. The monoisotopic (exact) mass is 365 g/mol. The van der Waals surface area contributed by atoms with Crippen LogP contribution >= 0.6 is 11.6 Å². The third-order valence-corrected chi connectivity index (χ3v) is 4.91. The largest absolute Gasteiger partial charge is 0.493 e. The van der Waals surface area contributed by atoms with Crippen molar-refractivity contribution in [1.29, 1.82) is 0 Å². The molecule has 1 amide bonds. The minimum Gasteiger partial charge on any atom is -0.493 e. The average molecular weight is 366 g/mol. The van der Waals surface area contributed by atoms with Gasteiger partial charge in [0.1, 0.15) is 17.3 Å². The summed E-state index contributed by atoms with van der Waals surface area (Å²) in [5.41, 5.74) is 1.08.